The first-order valence-corrected chi connectivity index (χ1v) is 6.17. The second-order valence-electron chi connectivity index (χ2n) is 4.71. The lowest BCUT2D eigenvalue weighted by atomic mass is 9.87. The van der Waals surface area contributed by atoms with Gasteiger partial charge in [0.15, 0.2) is 0 Å². The lowest BCUT2D eigenvalue weighted by Gasteiger charge is -2.27. The molecule has 1 fully saturated rings. The molecule has 0 radical (unpaired) electrons. The van der Waals surface area contributed by atoms with Gasteiger partial charge >= 0.3 is 0 Å². The molecule has 84 valence electrons. The summed E-state index contributed by atoms with van der Waals surface area (Å²) in [6.07, 6.45) is 8.88. The molecule has 2 N–H and O–H groups in total. The Labute approximate surface area is 88.1 Å². The minimum Gasteiger partial charge on any atom is -0.396 e. The van der Waals surface area contributed by atoms with Crippen molar-refractivity contribution in [2.24, 2.45) is 5.92 Å². The van der Waals surface area contributed by atoms with E-state index in [-0.39, 0.29) is 0 Å². The lowest BCUT2D eigenvalue weighted by molar-refractivity contribution is 0.278. The Hall–Kier alpha value is -0.0800. The van der Waals surface area contributed by atoms with Crippen LogP contribution in [0.4, 0.5) is 0 Å². The van der Waals surface area contributed by atoms with Gasteiger partial charge in [0.1, 0.15) is 0 Å². The summed E-state index contributed by atoms with van der Waals surface area (Å²) in [6, 6.07) is 0.771. The van der Waals surface area contributed by atoms with Gasteiger partial charge in [0, 0.05) is 12.6 Å². The molecule has 2 heteroatoms. The molecule has 2 atom stereocenters. The van der Waals surface area contributed by atoms with Crippen LogP contribution in [0.3, 0.4) is 0 Å². The molecule has 0 spiro atoms. The standard InChI is InChI=1S/C12H25NO/c1-11-6-5-7-12(10-11)13-8-3-2-4-9-14/h11-14H,2-10H2,1H3. The first-order valence-electron chi connectivity index (χ1n) is 6.17. The molecule has 0 heterocycles. The van der Waals surface area contributed by atoms with Crippen LogP contribution in [0.15, 0.2) is 0 Å². The Bertz CT molecular complexity index is 138. The minimum atomic E-state index is 0.348. The molecule has 1 aliphatic rings. The highest BCUT2D eigenvalue weighted by Crippen LogP contribution is 2.23. The van der Waals surface area contributed by atoms with Crippen molar-refractivity contribution in [3.63, 3.8) is 0 Å². The highest BCUT2D eigenvalue weighted by molar-refractivity contribution is 4.75. The fourth-order valence-corrected chi connectivity index (χ4v) is 2.34. The third-order valence-corrected chi connectivity index (χ3v) is 3.20. The molecule has 2 nitrogen and oxygen atoms in total. The summed E-state index contributed by atoms with van der Waals surface area (Å²) in [5.41, 5.74) is 0. The van der Waals surface area contributed by atoms with Crippen LogP contribution in [-0.2, 0) is 0 Å². The molecule has 0 aromatic carbocycles. The van der Waals surface area contributed by atoms with E-state index in [0.29, 0.717) is 6.61 Å². The van der Waals surface area contributed by atoms with Crippen molar-refractivity contribution in [2.75, 3.05) is 13.2 Å². The van der Waals surface area contributed by atoms with E-state index in [1.54, 1.807) is 0 Å². The van der Waals surface area contributed by atoms with E-state index >= 15 is 0 Å². The van der Waals surface area contributed by atoms with Gasteiger partial charge in [-0.05, 0) is 44.6 Å². The van der Waals surface area contributed by atoms with Gasteiger partial charge in [-0.3, -0.25) is 0 Å². The smallest absolute Gasteiger partial charge is 0.0431 e. The Kier molecular flexibility index (Phi) is 6.20. The van der Waals surface area contributed by atoms with Crippen molar-refractivity contribution in [1.29, 1.82) is 0 Å². The molecule has 2 unspecified atom stereocenters. The molecule has 1 saturated carbocycles. The van der Waals surface area contributed by atoms with Crippen LogP contribution >= 0.6 is 0 Å². The predicted molar refractivity (Wildman–Crippen MR) is 60.4 cm³/mol. The number of hydrogen-bond donors (Lipinski definition) is 2. The van der Waals surface area contributed by atoms with Gasteiger partial charge in [0.25, 0.3) is 0 Å². The maximum absolute atomic E-state index is 8.63. The second-order valence-corrected chi connectivity index (χ2v) is 4.71. The molecule has 0 aromatic heterocycles. The summed E-state index contributed by atoms with van der Waals surface area (Å²) >= 11 is 0. The minimum absolute atomic E-state index is 0.348. The number of aliphatic hydroxyl groups excluding tert-OH is 1. The van der Waals surface area contributed by atoms with Crippen LogP contribution in [0.1, 0.15) is 51.9 Å². The molecule has 0 amide bonds. The van der Waals surface area contributed by atoms with Crippen LogP contribution in [-0.4, -0.2) is 24.3 Å². The summed E-state index contributed by atoms with van der Waals surface area (Å²) < 4.78 is 0. The molecular weight excluding hydrogens is 174 g/mol. The van der Waals surface area contributed by atoms with Crippen LogP contribution in [0.25, 0.3) is 0 Å². The molecule has 1 rings (SSSR count). The molecular formula is C12H25NO. The third-order valence-electron chi connectivity index (χ3n) is 3.20. The Morgan fingerprint density at radius 3 is 2.79 bits per heavy atom. The average molecular weight is 199 g/mol. The molecule has 14 heavy (non-hydrogen) atoms. The van der Waals surface area contributed by atoms with Gasteiger partial charge in [-0.1, -0.05) is 19.8 Å². The highest BCUT2D eigenvalue weighted by Gasteiger charge is 2.17. The topological polar surface area (TPSA) is 32.3 Å². The molecule has 0 aromatic rings. The summed E-state index contributed by atoms with van der Waals surface area (Å²) in [6.45, 7) is 3.84. The SMILES string of the molecule is CC1CCCC(NCCCCCO)C1. The van der Waals surface area contributed by atoms with Gasteiger partial charge in [0.2, 0.25) is 0 Å². The van der Waals surface area contributed by atoms with Gasteiger partial charge in [0.05, 0.1) is 0 Å². The van der Waals surface area contributed by atoms with Gasteiger partial charge in [-0.2, -0.15) is 0 Å². The maximum atomic E-state index is 8.63. The van der Waals surface area contributed by atoms with Gasteiger partial charge < -0.3 is 10.4 Å². The average Bonchev–Trinajstić information content (AvgIpc) is 2.18. The van der Waals surface area contributed by atoms with E-state index in [4.69, 9.17) is 5.11 Å². The van der Waals surface area contributed by atoms with Crippen molar-refractivity contribution in [3.05, 3.63) is 0 Å². The first kappa shape index (κ1) is 12.0. The zero-order chi connectivity index (χ0) is 10.2. The summed E-state index contributed by atoms with van der Waals surface area (Å²) in [7, 11) is 0. The number of unbranched alkanes of at least 4 members (excludes halogenated alkanes) is 2. The second kappa shape index (κ2) is 7.24. The molecule has 1 aliphatic carbocycles. The van der Waals surface area contributed by atoms with Crippen molar-refractivity contribution < 1.29 is 5.11 Å². The highest BCUT2D eigenvalue weighted by atomic mass is 16.2. The van der Waals surface area contributed by atoms with Crippen LogP contribution in [0.2, 0.25) is 0 Å². The number of hydrogen-bond acceptors (Lipinski definition) is 2. The summed E-state index contributed by atoms with van der Waals surface area (Å²) in [5, 5.41) is 12.3. The quantitative estimate of drug-likeness (QED) is 0.643. The van der Waals surface area contributed by atoms with E-state index in [9.17, 15) is 0 Å². The van der Waals surface area contributed by atoms with Crippen LogP contribution < -0.4 is 5.32 Å². The van der Waals surface area contributed by atoms with Crippen LogP contribution in [0.5, 0.6) is 0 Å². The largest absolute Gasteiger partial charge is 0.396 e. The maximum Gasteiger partial charge on any atom is 0.0431 e. The Morgan fingerprint density at radius 2 is 2.07 bits per heavy atom. The zero-order valence-electron chi connectivity index (χ0n) is 9.47. The van der Waals surface area contributed by atoms with Crippen molar-refractivity contribution in [3.8, 4) is 0 Å². The van der Waals surface area contributed by atoms with Crippen molar-refractivity contribution in [2.45, 2.75) is 57.9 Å². The van der Waals surface area contributed by atoms with E-state index in [1.165, 1.54) is 32.1 Å². The summed E-state index contributed by atoms with van der Waals surface area (Å²) in [4.78, 5) is 0. The molecule has 0 bridgehead atoms. The van der Waals surface area contributed by atoms with E-state index in [2.05, 4.69) is 12.2 Å². The van der Waals surface area contributed by atoms with Crippen LogP contribution in [0, 0.1) is 5.92 Å². The lowest BCUT2D eigenvalue weighted by Crippen LogP contribution is -2.34. The number of nitrogens with one attached hydrogen (secondary N) is 1. The molecule has 0 aliphatic heterocycles. The zero-order valence-corrected chi connectivity index (χ0v) is 9.47. The normalized spacial score (nSPS) is 27.9. The van der Waals surface area contributed by atoms with E-state index in [0.717, 1.165) is 31.3 Å². The fraction of sp³-hybridized carbons (Fsp3) is 1.00. The Balaban J connectivity index is 1.95. The van der Waals surface area contributed by atoms with E-state index < -0.39 is 0 Å². The third kappa shape index (κ3) is 4.97. The van der Waals surface area contributed by atoms with Gasteiger partial charge in [-0.15, -0.1) is 0 Å². The summed E-state index contributed by atoms with van der Waals surface area (Å²) in [5.74, 6) is 0.915. The molecule has 0 saturated heterocycles. The van der Waals surface area contributed by atoms with E-state index in [1.807, 2.05) is 0 Å². The predicted octanol–water partition coefficient (Wildman–Crippen LogP) is 2.32. The Morgan fingerprint density at radius 1 is 1.21 bits per heavy atom. The van der Waals surface area contributed by atoms with Crippen molar-refractivity contribution >= 4 is 0 Å². The number of aliphatic hydroxyl groups is 1. The first-order chi connectivity index (χ1) is 6.83. The van der Waals surface area contributed by atoms with Gasteiger partial charge in [-0.25, -0.2) is 0 Å². The van der Waals surface area contributed by atoms with Crippen molar-refractivity contribution in [1.82, 2.24) is 5.32 Å². The monoisotopic (exact) mass is 199 g/mol. The number of rotatable bonds is 6. The fourth-order valence-electron chi connectivity index (χ4n) is 2.34.